The van der Waals surface area contributed by atoms with Crippen LogP contribution in [0, 0.1) is 0 Å². The summed E-state index contributed by atoms with van der Waals surface area (Å²) in [5, 5.41) is 0. The Morgan fingerprint density at radius 1 is 1.28 bits per heavy atom. The molecule has 1 aromatic heterocycles. The molecule has 1 fully saturated rings. The molecule has 1 unspecified atom stereocenters. The Labute approximate surface area is 186 Å². The highest BCUT2D eigenvalue weighted by Crippen LogP contribution is 2.43. The summed E-state index contributed by atoms with van der Waals surface area (Å²) in [4.78, 5) is 28.5. The average molecular weight is 434 g/mol. The summed E-state index contributed by atoms with van der Waals surface area (Å²) in [6.45, 7) is 2.61. The van der Waals surface area contributed by atoms with Gasteiger partial charge in [0, 0.05) is 36.7 Å². The molecule has 0 bridgehead atoms. The van der Waals surface area contributed by atoms with Crippen LogP contribution in [0.5, 0.6) is 11.5 Å². The number of carbonyl (C=O) groups is 1. The van der Waals surface area contributed by atoms with E-state index in [2.05, 4.69) is 9.98 Å². The lowest BCUT2D eigenvalue weighted by atomic mass is 10.0. The number of ether oxygens (including phenoxy) is 3. The van der Waals surface area contributed by atoms with Crippen molar-refractivity contribution in [3.05, 3.63) is 47.8 Å². The average Bonchev–Trinajstić information content (AvgIpc) is 3.34. The van der Waals surface area contributed by atoms with E-state index in [-0.39, 0.29) is 18.3 Å². The second kappa shape index (κ2) is 9.08. The lowest BCUT2D eigenvalue weighted by Crippen LogP contribution is -2.38. The summed E-state index contributed by atoms with van der Waals surface area (Å²) >= 11 is 0. The molecule has 1 aromatic carbocycles. The molecule has 0 amide bonds. The smallest absolute Gasteiger partial charge is 0.187 e. The van der Waals surface area contributed by atoms with Crippen LogP contribution in [0.3, 0.4) is 0 Å². The molecule has 8 heteroatoms. The third-order valence-electron chi connectivity index (χ3n) is 5.93. The minimum Gasteiger partial charge on any atom is -0.491 e. The molecule has 2 aromatic rings. The predicted octanol–water partition coefficient (Wildman–Crippen LogP) is 3.42. The molecule has 32 heavy (non-hydrogen) atoms. The van der Waals surface area contributed by atoms with Crippen LogP contribution >= 0.6 is 0 Å². The van der Waals surface area contributed by atoms with E-state index in [1.165, 1.54) is 0 Å². The number of carbonyl (C=O) groups excluding carboxylic acids is 1. The van der Waals surface area contributed by atoms with Crippen LogP contribution in [0.4, 0.5) is 5.69 Å². The van der Waals surface area contributed by atoms with E-state index >= 15 is 0 Å². The second-order valence-corrected chi connectivity index (χ2v) is 8.02. The Bertz CT molecular complexity index is 1060. The number of Topliss-reactive ketones (excluding diaryl/α,β-unsaturated/α-hetero) is 1. The summed E-state index contributed by atoms with van der Waals surface area (Å²) in [5.41, 5.74) is 2.11. The number of ketones is 1. The van der Waals surface area contributed by atoms with Gasteiger partial charge >= 0.3 is 0 Å². The molecular weight excluding hydrogens is 408 g/mol. The summed E-state index contributed by atoms with van der Waals surface area (Å²) in [6.07, 6.45) is 6.75. The first-order chi connectivity index (χ1) is 15.7. The maximum atomic E-state index is 12.9. The minimum absolute atomic E-state index is 0.0348. The lowest BCUT2D eigenvalue weighted by molar-refractivity contribution is -0.0114. The maximum Gasteiger partial charge on any atom is 0.187 e. The van der Waals surface area contributed by atoms with Crippen molar-refractivity contribution < 1.29 is 19.0 Å². The largest absolute Gasteiger partial charge is 0.491 e. The quantitative estimate of drug-likeness (QED) is 0.621. The standard InChI is InChI=1S/C24H26N4O4/c1-30-23-20(32-15-17-6-2-3-12-31-17)8-7-18-22(23)27-21(28-11-10-26-24(18)28)13-19(29)16-5-4-9-25-14-16/h4-5,7-9,14,17H,2-3,6,10-13,15H2,1H3. The van der Waals surface area contributed by atoms with Gasteiger partial charge < -0.3 is 19.1 Å². The van der Waals surface area contributed by atoms with Gasteiger partial charge in [0.15, 0.2) is 17.3 Å². The fraction of sp³-hybridized carbons (Fsp3) is 0.417. The zero-order valence-corrected chi connectivity index (χ0v) is 18.1. The van der Waals surface area contributed by atoms with Crippen LogP contribution in [0.2, 0.25) is 0 Å². The van der Waals surface area contributed by atoms with Gasteiger partial charge in [-0.05, 0) is 43.5 Å². The number of fused-ring (bicyclic) bond motifs is 3. The van der Waals surface area contributed by atoms with Crippen molar-refractivity contribution in [3.63, 3.8) is 0 Å². The zero-order chi connectivity index (χ0) is 21.9. The van der Waals surface area contributed by atoms with Crippen LogP contribution in [0.15, 0.2) is 46.6 Å². The number of nitrogens with zero attached hydrogens (tertiary/aromatic N) is 4. The summed E-state index contributed by atoms with van der Waals surface area (Å²) in [5.74, 6) is 2.62. The van der Waals surface area contributed by atoms with Crippen LogP contribution in [-0.2, 0) is 4.74 Å². The van der Waals surface area contributed by atoms with Gasteiger partial charge in [-0.3, -0.25) is 14.8 Å². The van der Waals surface area contributed by atoms with Crippen molar-refractivity contribution >= 4 is 23.1 Å². The fourth-order valence-corrected chi connectivity index (χ4v) is 4.30. The number of benzene rings is 1. The molecule has 0 N–H and O–H groups in total. The summed E-state index contributed by atoms with van der Waals surface area (Å²) < 4.78 is 17.6. The van der Waals surface area contributed by atoms with E-state index in [0.29, 0.717) is 48.3 Å². The SMILES string of the molecule is COc1c(OCC2CCCCO2)ccc2c1N=C(CC(=O)c1cccnc1)N1CCN=C21. The van der Waals surface area contributed by atoms with Gasteiger partial charge in [-0.25, -0.2) is 4.99 Å². The van der Waals surface area contributed by atoms with E-state index in [4.69, 9.17) is 19.2 Å². The maximum absolute atomic E-state index is 12.9. The number of methoxy groups -OCH3 is 1. The zero-order valence-electron chi connectivity index (χ0n) is 18.1. The Hall–Kier alpha value is -3.26. The molecule has 3 aliphatic rings. The van der Waals surface area contributed by atoms with Crippen LogP contribution in [0.1, 0.15) is 41.6 Å². The molecule has 0 spiro atoms. The molecule has 166 valence electrons. The summed E-state index contributed by atoms with van der Waals surface area (Å²) in [6, 6.07) is 7.40. The van der Waals surface area contributed by atoms with E-state index < -0.39 is 0 Å². The fourth-order valence-electron chi connectivity index (χ4n) is 4.30. The van der Waals surface area contributed by atoms with Crippen molar-refractivity contribution in [1.82, 2.24) is 9.88 Å². The van der Waals surface area contributed by atoms with Crippen LogP contribution < -0.4 is 9.47 Å². The first-order valence-corrected chi connectivity index (χ1v) is 11.0. The van der Waals surface area contributed by atoms with Gasteiger partial charge in [0.2, 0.25) is 0 Å². The highest BCUT2D eigenvalue weighted by atomic mass is 16.5. The van der Waals surface area contributed by atoms with Crippen molar-refractivity contribution in [2.24, 2.45) is 9.98 Å². The van der Waals surface area contributed by atoms with Crippen molar-refractivity contribution in [3.8, 4) is 11.5 Å². The topological polar surface area (TPSA) is 85.6 Å². The highest BCUT2D eigenvalue weighted by molar-refractivity contribution is 6.21. The van der Waals surface area contributed by atoms with Crippen molar-refractivity contribution in [1.29, 1.82) is 0 Å². The van der Waals surface area contributed by atoms with E-state index in [9.17, 15) is 4.79 Å². The number of hydrogen-bond acceptors (Lipinski definition) is 8. The van der Waals surface area contributed by atoms with Gasteiger partial charge in [-0.15, -0.1) is 0 Å². The van der Waals surface area contributed by atoms with Gasteiger partial charge in [0.1, 0.15) is 24.0 Å². The molecular formula is C24H26N4O4. The third-order valence-corrected chi connectivity index (χ3v) is 5.93. The molecule has 8 nitrogen and oxygen atoms in total. The number of aromatic nitrogens is 1. The van der Waals surface area contributed by atoms with Crippen LogP contribution in [0.25, 0.3) is 0 Å². The van der Waals surface area contributed by atoms with Crippen LogP contribution in [-0.4, -0.2) is 66.9 Å². The molecule has 4 heterocycles. The molecule has 3 aliphatic heterocycles. The number of hydrogen-bond donors (Lipinski definition) is 0. The Kier molecular flexibility index (Phi) is 5.85. The number of rotatable bonds is 7. The predicted molar refractivity (Wildman–Crippen MR) is 120 cm³/mol. The normalized spacial score (nSPS) is 19.5. The third kappa shape index (κ3) is 3.98. The number of pyridine rings is 1. The molecule has 5 rings (SSSR count). The molecule has 1 atom stereocenters. The monoisotopic (exact) mass is 434 g/mol. The lowest BCUT2D eigenvalue weighted by Gasteiger charge is -2.29. The first-order valence-electron chi connectivity index (χ1n) is 11.0. The highest BCUT2D eigenvalue weighted by Gasteiger charge is 2.33. The van der Waals surface area contributed by atoms with Gasteiger partial charge in [0.25, 0.3) is 0 Å². The Morgan fingerprint density at radius 3 is 3.00 bits per heavy atom. The van der Waals surface area contributed by atoms with E-state index in [1.54, 1.807) is 31.6 Å². The minimum atomic E-state index is -0.0348. The van der Waals surface area contributed by atoms with E-state index in [1.807, 2.05) is 17.0 Å². The van der Waals surface area contributed by atoms with Gasteiger partial charge in [-0.2, -0.15) is 0 Å². The number of aliphatic imine (C=N–C) groups is 2. The molecule has 0 radical (unpaired) electrons. The second-order valence-electron chi connectivity index (χ2n) is 8.02. The molecule has 1 saturated heterocycles. The summed E-state index contributed by atoms with van der Waals surface area (Å²) in [7, 11) is 1.61. The number of amidine groups is 2. The van der Waals surface area contributed by atoms with E-state index in [0.717, 1.165) is 37.3 Å². The molecule has 0 aliphatic carbocycles. The Balaban J connectivity index is 1.45. The molecule has 0 saturated carbocycles. The first kappa shape index (κ1) is 20.6. The van der Waals surface area contributed by atoms with Gasteiger partial charge in [0.05, 0.1) is 26.2 Å². The van der Waals surface area contributed by atoms with Crippen molar-refractivity contribution in [2.75, 3.05) is 33.4 Å². The Morgan fingerprint density at radius 2 is 2.22 bits per heavy atom. The van der Waals surface area contributed by atoms with Crippen molar-refractivity contribution in [2.45, 2.75) is 31.8 Å². The van der Waals surface area contributed by atoms with Gasteiger partial charge in [-0.1, -0.05) is 0 Å².